The average Bonchev–Trinajstić information content (AvgIpc) is 3.45. The largest absolute Gasteiger partial charge is 0.355 e. The highest BCUT2D eigenvalue weighted by Gasteiger charge is 2.55. The van der Waals surface area contributed by atoms with E-state index in [1.807, 2.05) is 6.07 Å². The fraction of sp³-hybridized carbons (Fsp3) is 0.542. The number of carbonyl (C=O) groups excluding carboxylic acids is 1. The molecule has 5 rings (SSSR count). The average molecular weight is 391 g/mol. The number of nitrogens with zero attached hydrogens (tertiary/aromatic N) is 2. The van der Waals surface area contributed by atoms with E-state index in [-0.39, 0.29) is 17.4 Å². The van der Waals surface area contributed by atoms with Crippen molar-refractivity contribution in [2.24, 2.45) is 5.41 Å². The quantitative estimate of drug-likeness (QED) is 0.796. The Labute approximate surface area is 172 Å². The third-order valence-electron chi connectivity index (χ3n) is 7.15. The fourth-order valence-electron chi connectivity index (χ4n) is 5.74. The van der Waals surface area contributed by atoms with Crippen molar-refractivity contribution in [1.82, 2.24) is 20.6 Å². The molecule has 0 saturated carbocycles. The molecule has 0 spiro atoms. The Morgan fingerprint density at radius 3 is 2.83 bits per heavy atom. The van der Waals surface area contributed by atoms with Crippen LogP contribution >= 0.6 is 0 Å². The van der Waals surface area contributed by atoms with Gasteiger partial charge in [0, 0.05) is 36.4 Å². The van der Waals surface area contributed by atoms with Crippen molar-refractivity contribution in [3.05, 3.63) is 58.7 Å². The van der Waals surface area contributed by atoms with Crippen LogP contribution in [-0.4, -0.2) is 34.5 Å². The van der Waals surface area contributed by atoms with Gasteiger partial charge in [0.25, 0.3) is 0 Å². The molecule has 1 aromatic heterocycles. The zero-order valence-corrected chi connectivity index (χ0v) is 17.2. The number of nitrogens with one attached hydrogen (secondary N) is 2. The molecular formula is C24H30N4O. The first kappa shape index (κ1) is 18.7. The van der Waals surface area contributed by atoms with Crippen LogP contribution < -0.4 is 10.6 Å². The first-order valence-electron chi connectivity index (χ1n) is 11.1. The number of carbonyl (C=O) groups is 1. The number of fused-ring (bicyclic) bond motifs is 3. The van der Waals surface area contributed by atoms with Crippen LogP contribution in [0.5, 0.6) is 0 Å². The summed E-state index contributed by atoms with van der Waals surface area (Å²) in [5, 5.41) is 6.93. The molecule has 2 N–H and O–H groups in total. The SMILES string of the molecule is Cc1nc(CCNC(=O)[C@@]2(Cc3ccccc3)C[C@H]3CC[C@@H]2N3)nc2c1CCC2. The van der Waals surface area contributed by atoms with Crippen LogP contribution in [0.1, 0.15) is 54.0 Å². The number of rotatable bonds is 6. The van der Waals surface area contributed by atoms with Crippen LogP contribution in [0.4, 0.5) is 0 Å². The molecule has 1 aromatic carbocycles. The molecule has 3 aliphatic rings. The maximum Gasteiger partial charge on any atom is 0.228 e. The Balaban J connectivity index is 1.27. The number of aryl methyl sites for hydroxylation is 2. The Morgan fingerprint density at radius 2 is 2.07 bits per heavy atom. The number of benzene rings is 1. The monoisotopic (exact) mass is 390 g/mol. The predicted octanol–water partition coefficient (Wildman–Crippen LogP) is 2.69. The minimum absolute atomic E-state index is 0.193. The second-order valence-electron chi connectivity index (χ2n) is 9.03. The van der Waals surface area contributed by atoms with E-state index in [0.717, 1.165) is 43.6 Å². The van der Waals surface area contributed by atoms with Gasteiger partial charge in [0.15, 0.2) is 0 Å². The van der Waals surface area contributed by atoms with Crippen LogP contribution in [0.15, 0.2) is 30.3 Å². The molecule has 152 valence electrons. The van der Waals surface area contributed by atoms with Gasteiger partial charge >= 0.3 is 0 Å². The molecule has 5 nitrogen and oxygen atoms in total. The molecule has 2 fully saturated rings. The molecule has 2 saturated heterocycles. The third kappa shape index (κ3) is 3.46. The maximum absolute atomic E-state index is 13.4. The normalized spacial score (nSPS) is 27.2. The summed E-state index contributed by atoms with van der Waals surface area (Å²) >= 11 is 0. The van der Waals surface area contributed by atoms with Gasteiger partial charge in [-0.1, -0.05) is 30.3 Å². The Bertz CT molecular complexity index is 913. The Kier molecular flexibility index (Phi) is 4.86. The highest BCUT2D eigenvalue weighted by atomic mass is 16.2. The molecule has 3 heterocycles. The van der Waals surface area contributed by atoms with Crippen LogP contribution in [-0.2, 0) is 30.5 Å². The van der Waals surface area contributed by atoms with E-state index < -0.39 is 0 Å². The van der Waals surface area contributed by atoms with Gasteiger partial charge in [-0.15, -0.1) is 0 Å². The van der Waals surface area contributed by atoms with E-state index in [2.05, 4.69) is 46.8 Å². The molecule has 2 bridgehead atoms. The number of hydrogen-bond acceptors (Lipinski definition) is 4. The highest BCUT2D eigenvalue weighted by Crippen LogP contribution is 2.45. The topological polar surface area (TPSA) is 66.9 Å². The van der Waals surface area contributed by atoms with Gasteiger partial charge in [-0.25, -0.2) is 9.97 Å². The first-order chi connectivity index (χ1) is 14.1. The first-order valence-corrected chi connectivity index (χ1v) is 11.1. The number of amides is 1. The van der Waals surface area contributed by atoms with Crippen molar-refractivity contribution < 1.29 is 4.79 Å². The van der Waals surface area contributed by atoms with Crippen molar-refractivity contribution in [3.63, 3.8) is 0 Å². The standard InChI is InChI=1S/C24H30N4O/c1-16-19-8-5-9-20(19)28-22(26-16)12-13-25-23(29)24(14-17-6-3-2-4-7-17)15-18-10-11-21(24)27-18/h2-4,6-7,18,21,27H,5,8-15H2,1H3,(H,25,29)/t18-,21+,24+/m1/s1. The van der Waals surface area contributed by atoms with E-state index in [1.54, 1.807) is 0 Å². The summed E-state index contributed by atoms with van der Waals surface area (Å²) in [6, 6.07) is 11.2. The maximum atomic E-state index is 13.4. The van der Waals surface area contributed by atoms with Crippen molar-refractivity contribution in [2.45, 2.75) is 70.4 Å². The van der Waals surface area contributed by atoms with Crippen LogP contribution in [0, 0.1) is 12.3 Å². The van der Waals surface area contributed by atoms with Gasteiger partial charge in [0.1, 0.15) is 5.82 Å². The van der Waals surface area contributed by atoms with Gasteiger partial charge in [-0.3, -0.25) is 4.79 Å². The van der Waals surface area contributed by atoms with Crippen LogP contribution in [0.25, 0.3) is 0 Å². The summed E-state index contributed by atoms with van der Waals surface area (Å²) in [5.74, 6) is 1.06. The van der Waals surface area contributed by atoms with Gasteiger partial charge in [0.05, 0.1) is 5.41 Å². The highest BCUT2D eigenvalue weighted by molar-refractivity contribution is 5.84. The van der Waals surface area contributed by atoms with E-state index in [0.29, 0.717) is 19.0 Å². The van der Waals surface area contributed by atoms with Gasteiger partial charge < -0.3 is 10.6 Å². The van der Waals surface area contributed by atoms with Crippen LogP contribution in [0.2, 0.25) is 0 Å². The molecule has 2 aromatic rings. The summed E-state index contributed by atoms with van der Waals surface area (Å²) in [6.07, 6.45) is 8.08. The second kappa shape index (κ2) is 7.52. The predicted molar refractivity (Wildman–Crippen MR) is 113 cm³/mol. The third-order valence-corrected chi connectivity index (χ3v) is 7.15. The van der Waals surface area contributed by atoms with Crippen molar-refractivity contribution in [2.75, 3.05) is 6.54 Å². The molecule has 2 aliphatic heterocycles. The molecular weight excluding hydrogens is 360 g/mol. The Morgan fingerprint density at radius 1 is 1.21 bits per heavy atom. The zero-order chi connectivity index (χ0) is 19.8. The van der Waals surface area contributed by atoms with E-state index in [4.69, 9.17) is 4.98 Å². The van der Waals surface area contributed by atoms with E-state index in [9.17, 15) is 4.79 Å². The molecule has 0 radical (unpaired) electrons. The van der Waals surface area contributed by atoms with Crippen molar-refractivity contribution >= 4 is 5.91 Å². The number of hydrogen-bond donors (Lipinski definition) is 2. The summed E-state index contributed by atoms with van der Waals surface area (Å²) in [5.41, 5.74) is 4.59. The second-order valence-corrected chi connectivity index (χ2v) is 9.03. The Hall–Kier alpha value is -2.27. The summed E-state index contributed by atoms with van der Waals surface area (Å²) in [7, 11) is 0. The van der Waals surface area contributed by atoms with Crippen molar-refractivity contribution in [3.8, 4) is 0 Å². The molecule has 3 atom stereocenters. The van der Waals surface area contributed by atoms with Gasteiger partial charge in [-0.05, 0) is 63.0 Å². The lowest BCUT2D eigenvalue weighted by Gasteiger charge is -2.35. The molecule has 1 aliphatic carbocycles. The minimum Gasteiger partial charge on any atom is -0.355 e. The fourth-order valence-corrected chi connectivity index (χ4v) is 5.74. The minimum atomic E-state index is -0.334. The molecule has 1 amide bonds. The van der Waals surface area contributed by atoms with Crippen LogP contribution in [0.3, 0.4) is 0 Å². The smallest absolute Gasteiger partial charge is 0.228 e. The van der Waals surface area contributed by atoms with E-state index in [1.165, 1.54) is 29.7 Å². The number of aromatic nitrogens is 2. The van der Waals surface area contributed by atoms with Gasteiger partial charge in [-0.2, -0.15) is 0 Å². The van der Waals surface area contributed by atoms with Crippen molar-refractivity contribution in [1.29, 1.82) is 0 Å². The lowest BCUT2D eigenvalue weighted by Crippen LogP contribution is -2.50. The summed E-state index contributed by atoms with van der Waals surface area (Å²) < 4.78 is 0. The summed E-state index contributed by atoms with van der Waals surface area (Å²) in [6.45, 7) is 2.69. The molecule has 29 heavy (non-hydrogen) atoms. The summed E-state index contributed by atoms with van der Waals surface area (Å²) in [4.78, 5) is 22.9. The molecule has 5 heteroatoms. The molecule has 0 unspecified atom stereocenters. The van der Waals surface area contributed by atoms with E-state index >= 15 is 0 Å². The lowest BCUT2D eigenvalue weighted by molar-refractivity contribution is -0.132. The lowest BCUT2D eigenvalue weighted by atomic mass is 9.69. The van der Waals surface area contributed by atoms with Gasteiger partial charge in [0.2, 0.25) is 5.91 Å². The zero-order valence-electron chi connectivity index (χ0n) is 17.2.